The van der Waals surface area contributed by atoms with Gasteiger partial charge in [0.25, 0.3) is 0 Å². The third-order valence-electron chi connectivity index (χ3n) is 4.30. The highest BCUT2D eigenvalue weighted by Crippen LogP contribution is 2.25. The van der Waals surface area contributed by atoms with E-state index in [0.29, 0.717) is 17.1 Å². The van der Waals surface area contributed by atoms with E-state index in [1.54, 1.807) is 15.9 Å². The van der Waals surface area contributed by atoms with Crippen molar-refractivity contribution < 1.29 is 4.79 Å². The average Bonchev–Trinajstić information content (AvgIpc) is 3.31. The molecule has 0 saturated heterocycles. The van der Waals surface area contributed by atoms with E-state index in [9.17, 15) is 4.79 Å². The number of aromatic nitrogens is 3. The van der Waals surface area contributed by atoms with Crippen LogP contribution in [0.1, 0.15) is 18.5 Å². The largest absolute Gasteiger partial charge is 0.353 e. The van der Waals surface area contributed by atoms with Crippen molar-refractivity contribution in [1.29, 1.82) is 0 Å². The Morgan fingerprint density at radius 3 is 2.81 bits per heavy atom. The summed E-state index contributed by atoms with van der Waals surface area (Å²) in [7, 11) is 2.05. The predicted octanol–water partition coefficient (Wildman–Crippen LogP) is 3.48. The third-order valence-corrected chi connectivity index (χ3v) is 5.45. The molecule has 0 aliphatic carbocycles. The molecule has 0 spiro atoms. The zero-order chi connectivity index (χ0) is 19.2. The Labute approximate surface area is 167 Å². The molecule has 3 rings (SSSR count). The van der Waals surface area contributed by atoms with Crippen LogP contribution in [-0.4, -0.2) is 45.7 Å². The molecule has 0 radical (unpaired) electrons. The van der Waals surface area contributed by atoms with Crippen LogP contribution in [0.3, 0.4) is 0 Å². The molecule has 1 unspecified atom stereocenters. The minimum atomic E-state index is -0.437. The fourth-order valence-corrected chi connectivity index (χ4v) is 3.85. The molecule has 2 heterocycles. The second-order valence-corrected chi connectivity index (χ2v) is 7.72. The molecule has 0 fully saturated rings. The highest BCUT2D eigenvalue weighted by Gasteiger charge is 2.21. The first-order chi connectivity index (χ1) is 13.1. The molecule has 0 saturated carbocycles. The van der Waals surface area contributed by atoms with E-state index in [1.165, 1.54) is 5.56 Å². The molecule has 3 aromatic rings. The molecular formula is C19H23N5OS2. The molecule has 6 nitrogen and oxygen atoms in total. The summed E-state index contributed by atoms with van der Waals surface area (Å²) in [5.74, 6) is 0.622. The van der Waals surface area contributed by atoms with E-state index >= 15 is 0 Å². The van der Waals surface area contributed by atoms with Crippen molar-refractivity contribution in [3.8, 4) is 10.7 Å². The van der Waals surface area contributed by atoms with Crippen LogP contribution in [0, 0.1) is 4.77 Å². The van der Waals surface area contributed by atoms with Gasteiger partial charge in [0, 0.05) is 19.6 Å². The van der Waals surface area contributed by atoms with E-state index in [2.05, 4.69) is 32.5 Å². The van der Waals surface area contributed by atoms with Crippen molar-refractivity contribution in [3.63, 3.8) is 0 Å². The van der Waals surface area contributed by atoms with E-state index < -0.39 is 6.04 Å². The summed E-state index contributed by atoms with van der Waals surface area (Å²) in [6.07, 6.45) is 0. The molecule has 142 valence electrons. The predicted molar refractivity (Wildman–Crippen MR) is 111 cm³/mol. The molecule has 0 bridgehead atoms. The minimum absolute atomic E-state index is 0.0709. The van der Waals surface area contributed by atoms with Crippen LogP contribution in [0.25, 0.3) is 10.7 Å². The number of carbonyl (C=O) groups is 1. The van der Waals surface area contributed by atoms with Gasteiger partial charge in [-0.1, -0.05) is 36.4 Å². The van der Waals surface area contributed by atoms with Gasteiger partial charge >= 0.3 is 0 Å². The SMILES string of the molecule is CC(C(=O)NCCN(C)Cc1ccccc1)n1c(-c2cccs2)n[nH]c1=S. The Morgan fingerprint density at radius 1 is 1.33 bits per heavy atom. The fourth-order valence-electron chi connectivity index (χ4n) is 2.85. The molecule has 1 amide bonds. The van der Waals surface area contributed by atoms with E-state index in [0.717, 1.165) is 18.0 Å². The van der Waals surface area contributed by atoms with Crippen LogP contribution in [0.5, 0.6) is 0 Å². The minimum Gasteiger partial charge on any atom is -0.353 e. The molecular weight excluding hydrogens is 378 g/mol. The number of benzene rings is 1. The number of rotatable bonds is 8. The van der Waals surface area contributed by atoms with Crippen molar-refractivity contribution in [2.24, 2.45) is 0 Å². The molecule has 27 heavy (non-hydrogen) atoms. The monoisotopic (exact) mass is 401 g/mol. The number of amides is 1. The van der Waals surface area contributed by atoms with Crippen LogP contribution in [-0.2, 0) is 11.3 Å². The number of likely N-dealkylation sites (N-methyl/N-ethyl adjacent to an activating group) is 1. The summed E-state index contributed by atoms with van der Waals surface area (Å²) in [5, 5.41) is 12.1. The maximum absolute atomic E-state index is 12.6. The zero-order valence-corrected chi connectivity index (χ0v) is 17.0. The summed E-state index contributed by atoms with van der Waals surface area (Å²) in [6.45, 7) is 4.03. The maximum atomic E-state index is 12.6. The Kier molecular flexibility index (Phi) is 6.54. The summed E-state index contributed by atoms with van der Waals surface area (Å²) >= 11 is 6.90. The lowest BCUT2D eigenvalue weighted by atomic mass is 10.2. The number of hydrogen-bond acceptors (Lipinski definition) is 5. The number of H-pyrrole nitrogens is 1. The molecule has 0 aliphatic rings. The zero-order valence-electron chi connectivity index (χ0n) is 15.4. The van der Waals surface area contributed by atoms with Crippen molar-refractivity contribution in [2.45, 2.75) is 19.5 Å². The van der Waals surface area contributed by atoms with Crippen molar-refractivity contribution >= 4 is 29.5 Å². The first kappa shape index (κ1) is 19.5. The average molecular weight is 402 g/mol. The van der Waals surface area contributed by atoms with Crippen molar-refractivity contribution in [3.05, 3.63) is 58.2 Å². The molecule has 1 atom stereocenters. The lowest BCUT2D eigenvalue weighted by Gasteiger charge is -2.19. The summed E-state index contributed by atoms with van der Waals surface area (Å²) < 4.78 is 2.21. The van der Waals surface area contributed by atoms with E-state index in [1.807, 2.05) is 49.7 Å². The quantitative estimate of drug-likeness (QED) is 0.567. The topological polar surface area (TPSA) is 66.0 Å². The van der Waals surface area contributed by atoms with Crippen LogP contribution < -0.4 is 5.32 Å². The van der Waals surface area contributed by atoms with Gasteiger partial charge in [0.1, 0.15) is 6.04 Å². The van der Waals surface area contributed by atoms with Crippen molar-refractivity contribution in [1.82, 2.24) is 25.0 Å². The van der Waals surface area contributed by atoms with Gasteiger partial charge in [-0.15, -0.1) is 11.3 Å². The van der Waals surface area contributed by atoms with Crippen LogP contribution in [0.15, 0.2) is 47.8 Å². The number of carbonyl (C=O) groups excluding carboxylic acids is 1. The van der Waals surface area contributed by atoms with Gasteiger partial charge in [-0.2, -0.15) is 5.10 Å². The summed E-state index contributed by atoms with van der Waals surface area (Å²) in [4.78, 5) is 15.8. The normalized spacial score (nSPS) is 12.3. The fraction of sp³-hybridized carbons (Fsp3) is 0.316. The van der Waals surface area contributed by atoms with Crippen LogP contribution in [0.2, 0.25) is 0 Å². The molecule has 8 heteroatoms. The second-order valence-electron chi connectivity index (χ2n) is 6.39. The molecule has 2 aromatic heterocycles. The standard InChI is InChI=1S/C19H23N5OS2/c1-14(24-17(21-22-19(24)26)16-9-6-12-27-16)18(25)20-10-11-23(2)13-15-7-4-3-5-8-15/h3-9,12,14H,10-11,13H2,1-2H3,(H,20,25)(H,22,26). The van der Waals surface area contributed by atoms with Gasteiger partial charge in [-0.25, -0.2) is 0 Å². The van der Waals surface area contributed by atoms with Crippen LogP contribution >= 0.6 is 23.6 Å². The Bertz CT molecular complexity index is 917. The number of hydrogen-bond donors (Lipinski definition) is 2. The Morgan fingerprint density at radius 2 is 2.11 bits per heavy atom. The summed E-state index contributed by atoms with van der Waals surface area (Å²) in [5.41, 5.74) is 1.25. The van der Waals surface area contributed by atoms with Gasteiger partial charge < -0.3 is 10.2 Å². The molecule has 2 N–H and O–H groups in total. The Balaban J connectivity index is 1.56. The third kappa shape index (κ3) is 4.91. The first-order valence-electron chi connectivity index (χ1n) is 8.77. The van der Waals surface area contributed by atoms with Crippen LogP contribution in [0.4, 0.5) is 0 Å². The lowest BCUT2D eigenvalue weighted by Crippen LogP contribution is -2.36. The van der Waals surface area contributed by atoms with Gasteiger partial charge in [-0.3, -0.25) is 14.5 Å². The van der Waals surface area contributed by atoms with Crippen molar-refractivity contribution in [2.75, 3.05) is 20.1 Å². The van der Waals surface area contributed by atoms with Gasteiger partial charge in [-0.05, 0) is 43.2 Å². The highest BCUT2D eigenvalue weighted by molar-refractivity contribution is 7.71. The smallest absolute Gasteiger partial charge is 0.242 e. The maximum Gasteiger partial charge on any atom is 0.242 e. The second kappa shape index (κ2) is 9.07. The Hall–Kier alpha value is -2.29. The molecule has 0 aliphatic heterocycles. The number of nitrogens with zero attached hydrogens (tertiary/aromatic N) is 3. The number of thiophene rings is 1. The highest BCUT2D eigenvalue weighted by atomic mass is 32.1. The molecule has 1 aromatic carbocycles. The first-order valence-corrected chi connectivity index (χ1v) is 10.1. The van der Waals surface area contributed by atoms with E-state index in [4.69, 9.17) is 12.2 Å². The van der Waals surface area contributed by atoms with Gasteiger partial charge in [0.15, 0.2) is 10.6 Å². The van der Waals surface area contributed by atoms with Gasteiger partial charge in [0.05, 0.1) is 4.88 Å². The lowest BCUT2D eigenvalue weighted by molar-refractivity contribution is -0.123. The summed E-state index contributed by atoms with van der Waals surface area (Å²) in [6, 6.07) is 13.8. The number of nitrogens with one attached hydrogen (secondary N) is 2. The van der Waals surface area contributed by atoms with E-state index in [-0.39, 0.29) is 5.91 Å². The number of aromatic amines is 1. The van der Waals surface area contributed by atoms with Gasteiger partial charge in [0.2, 0.25) is 5.91 Å².